The van der Waals surface area contributed by atoms with E-state index in [-0.39, 0.29) is 18.5 Å². The van der Waals surface area contributed by atoms with Crippen molar-refractivity contribution in [2.75, 3.05) is 42.6 Å². The molecule has 39 heavy (non-hydrogen) atoms. The number of carbonyl (C=O) groups excluding carboxylic acids is 1. The van der Waals surface area contributed by atoms with Crippen molar-refractivity contribution in [1.82, 2.24) is 15.1 Å². The van der Waals surface area contributed by atoms with Crippen LogP contribution in [0.25, 0.3) is 0 Å². The largest absolute Gasteiger partial charge is 0.468 e. The van der Waals surface area contributed by atoms with Gasteiger partial charge in [-0.05, 0) is 37.7 Å². The lowest BCUT2D eigenvalue weighted by atomic mass is 10.0. The van der Waals surface area contributed by atoms with Crippen LogP contribution in [0.2, 0.25) is 0 Å². The van der Waals surface area contributed by atoms with E-state index < -0.39 is 37.7 Å². The lowest BCUT2D eigenvalue weighted by molar-refractivity contribution is -0.144. The van der Waals surface area contributed by atoms with Crippen LogP contribution in [0.1, 0.15) is 32.6 Å². The maximum atomic E-state index is 13.9. The van der Waals surface area contributed by atoms with Crippen LogP contribution < -0.4 is 21.0 Å². The number of thioether (sulfide) groups is 1. The molecule has 3 heterocycles. The number of rotatable bonds is 10. The molecule has 2 aliphatic carbocycles. The Bertz CT molecular complexity index is 1250. The number of aliphatic hydroxyl groups excluding tert-OH is 1. The number of nitrogens with one attached hydrogen (secondary N) is 2. The van der Waals surface area contributed by atoms with E-state index in [0.717, 1.165) is 5.69 Å². The Morgan fingerprint density at radius 1 is 1.41 bits per heavy atom. The number of hydrogen-bond donors (Lipinski definition) is 4. The molecule has 5 atom stereocenters. The molecule has 1 aromatic rings. The van der Waals surface area contributed by atoms with E-state index in [1.165, 1.54) is 18.9 Å². The lowest BCUT2D eigenvalue weighted by Crippen LogP contribution is -2.40. The van der Waals surface area contributed by atoms with Crippen LogP contribution in [0.5, 0.6) is 0 Å². The van der Waals surface area contributed by atoms with Crippen molar-refractivity contribution in [1.29, 1.82) is 0 Å². The zero-order chi connectivity index (χ0) is 27.9. The van der Waals surface area contributed by atoms with Gasteiger partial charge in [0, 0.05) is 17.4 Å². The Morgan fingerprint density at radius 3 is 2.82 bits per heavy atom. The van der Waals surface area contributed by atoms with E-state index >= 15 is 0 Å². The Hall–Kier alpha value is -2.06. The van der Waals surface area contributed by atoms with E-state index in [1.807, 2.05) is 18.1 Å². The third-order valence-corrected chi connectivity index (χ3v) is 9.80. The Balaban J connectivity index is 1.32. The molecular formula is C23H32ClN6O7PS. The summed E-state index contributed by atoms with van der Waals surface area (Å²) in [7, 11) is -2.83. The van der Waals surface area contributed by atoms with Crippen molar-refractivity contribution in [3.63, 3.8) is 0 Å². The molecule has 0 radical (unpaired) electrons. The van der Waals surface area contributed by atoms with E-state index in [9.17, 15) is 14.5 Å². The molecule has 5 rings (SSSR count). The topological polar surface area (TPSA) is 170 Å². The van der Waals surface area contributed by atoms with Crippen molar-refractivity contribution in [2.24, 2.45) is 5.92 Å². The third-order valence-electron chi connectivity index (χ3n) is 7.14. The molecular weight excluding hydrogens is 571 g/mol. The van der Waals surface area contributed by atoms with Crippen molar-refractivity contribution in [2.45, 2.75) is 61.6 Å². The van der Waals surface area contributed by atoms with Crippen molar-refractivity contribution in [3.05, 3.63) is 22.9 Å². The molecule has 0 bridgehead atoms. The van der Waals surface area contributed by atoms with Crippen molar-refractivity contribution >= 4 is 54.5 Å². The highest BCUT2D eigenvalue weighted by Crippen LogP contribution is 2.54. The van der Waals surface area contributed by atoms with Gasteiger partial charge in [-0.25, -0.2) is 9.55 Å². The number of nitrogen functional groups attached to an aromatic ring is 1. The highest BCUT2D eigenvalue weighted by atomic mass is 35.5. The number of methoxy groups -OCH3 is 1. The second kappa shape index (κ2) is 11.1. The van der Waals surface area contributed by atoms with Crippen molar-refractivity contribution < 1.29 is 33.0 Å². The number of allylic oxidation sites excluding steroid dienone is 4. The Kier molecular flexibility index (Phi) is 8.08. The number of fused-ring (bicyclic) bond motifs is 1. The summed E-state index contributed by atoms with van der Waals surface area (Å²) in [4.78, 5) is 22.9. The fourth-order valence-electron chi connectivity index (χ4n) is 4.81. The molecule has 1 aromatic heterocycles. The molecule has 2 aliphatic heterocycles. The molecule has 5 N–H and O–H groups in total. The number of nitrogens with zero attached hydrogens (tertiary/aromatic N) is 3. The van der Waals surface area contributed by atoms with Gasteiger partial charge in [0.05, 0.1) is 26.5 Å². The van der Waals surface area contributed by atoms with Gasteiger partial charge in [-0.1, -0.05) is 18.5 Å². The van der Waals surface area contributed by atoms with Gasteiger partial charge in [0.15, 0.2) is 5.82 Å². The maximum Gasteiger partial charge on any atom is 0.459 e. The van der Waals surface area contributed by atoms with Crippen LogP contribution in [-0.4, -0.2) is 71.7 Å². The summed E-state index contributed by atoms with van der Waals surface area (Å²) in [5.74, 6) is 0.211. The van der Waals surface area contributed by atoms with Gasteiger partial charge in [-0.3, -0.25) is 9.32 Å². The minimum atomic E-state index is -4.10. The number of esters is 1. The van der Waals surface area contributed by atoms with Gasteiger partial charge < -0.3 is 35.1 Å². The van der Waals surface area contributed by atoms with Crippen molar-refractivity contribution in [3.8, 4) is 0 Å². The normalized spacial score (nSPS) is 28.6. The second-order valence-electron chi connectivity index (χ2n) is 9.83. The van der Waals surface area contributed by atoms with Gasteiger partial charge in [-0.2, -0.15) is 10.1 Å². The molecule has 214 valence electrons. The molecule has 4 aliphatic rings. The van der Waals surface area contributed by atoms with Crippen LogP contribution >= 0.6 is 31.1 Å². The minimum Gasteiger partial charge on any atom is -0.468 e. The summed E-state index contributed by atoms with van der Waals surface area (Å²) >= 11 is 7.49. The molecule has 0 spiro atoms. The quantitative estimate of drug-likeness (QED) is 0.133. The Labute approximate surface area is 235 Å². The first kappa shape index (κ1) is 28.5. The van der Waals surface area contributed by atoms with Gasteiger partial charge in [-0.15, -0.1) is 11.8 Å². The number of anilines is 3. The summed E-state index contributed by atoms with van der Waals surface area (Å²) in [5.41, 5.74) is 5.51. The molecule has 2 fully saturated rings. The highest BCUT2D eigenvalue weighted by molar-refractivity contribution is 7.98. The smallest absolute Gasteiger partial charge is 0.459 e. The minimum absolute atomic E-state index is 0.134. The van der Waals surface area contributed by atoms with Gasteiger partial charge in [0.1, 0.15) is 34.3 Å². The summed E-state index contributed by atoms with van der Waals surface area (Å²) in [6.45, 7) is 1.97. The molecule has 0 amide bonds. The highest BCUT2D eigenvalue weighted by Gasteiger charge is 2.57. The van der Waals surface area contributed by atoms with E-state index in [0.29, 0.717) is 54.0 Å². The number of nitrogens with two attached hydrogens (primary N) is 1. The molecule has 0 aromatic carbocycles. The van der Waals surface area contributed by atoms with Gasteiger partial charge in [0.2, 0.25) is 5.95 Å². The number of aromatic nitrogens is 2. The van der Waals surface area contributed by atoms with E-state index in [2.05, 4.69) is 20.4 Å². The zero-order valence-electron chi connectivity index (χ0n) is 21.8. The number of hydrogen-bond acceptors (Lipinski definition) is 13. The van der Waals surface area contributed by atoms with Gasteiger partial charge in [0.25, 0.3) is 0 Å². The first-order valence-electron chi connectivity index (χ1n) is 12.5. The van der Waals surface area contributed by atoms with Crippen LogP contribution in [0.15, 0.2) is 28.0 Å². The maximum absolute atomic E-state index is 13.9. The average Bonchev–Trinajstić information content (AvgIpc) is 3.48. The first-order valence-corrected chi connectivity index (χ1v) is 15.7. The predicted octanol–water partition coefficient (Wildman–Crippen LogP) is 2.93. The number of carbonyl (C=O) groups is 1. The van der Waals surface area contributed by atoms with Crippen LogP contribution in [-0.2, 0) is 27.9 Å². The number of ether oxygens (including phenoxy) is 2. The number of halogens is 1. The Morgan fingerprint density at radius 2 is 2.18 bits per heavy atom. The second-order valence-corrected chi connectivity index (χ2v) is 12.8. The summed E-state index contributed by atoms with van der Waals surface area (Å²) in [6.07, 6.45) is 4.61. The molecule has 16 heteroatoms. The van der Waals surface area contributed by atoms with E-state index in [1.54, 1.807) is 12.2 Å². The monoisotopic (exact) mass is 602 g/mol. The fraction of sp³-hybridized carbons (Fsp3) is 0.609. The fourth-order valence-corrected chi connectivity index (χ4v) is 7.33. The molecule has 1 saturated carbocycles. The average molecular weight is 603 g/mol. The molecule has 13 nitrogen and oxygen atoms in total. The summed E-state index contributed by atoms with van der Waals surface area (Å²) in [5, 5.41) is 18.5. The summed E-state index contributed by atoms with van der Waals surface area (Å²) in [6, 6.07) is 0. The third kappa shape index (κ3) is 5.74. The zero-order valence-corrected chi connectivity index (χ0v) is 24.2. The predicted molar refractivity (Wildman–Crippen MR) is 146 cm³/mol. The number of aliphatic hydroxyl groups is 1. The van der Waals surface area contributed by atoms with E-state index in [4.69, 9.17) is 35.9 Å². The van der Waals surface area contributed by atoms with Crippen LogP contribution in [0, 0.1) is 5.92 Å². The molecule has 3 unspecified atom stereocenters. The van der Waals surface area contributed by atoms with Crippen LogP contribution in [0.3, 0.4) is 0 Å². The van der Waals surface area contributed by atoms with Crippen LogP contribution in [0.4, 0.5) is 17.5 Å². The first-order chi connectivity index (χ1) is 18.6. The molecule has 1 saturated heterocycles. The standard InChI is InChI=1S/C23H32ClN6O7PS/c1-12-17(31)15(36-20(12)30-11-26-16-18(30)27-22(25)28-19(16)39-3)10-35-38(33,29-23(8-9-23)21(32)34-2)37-14-6-4-13(24)5-7-14/h4,6,12,15,17,20,26,31H,5,7-11H2,1-3H3,(H,29,33)(H2,25,27,28)/t12-,15?,17-,20?,38?/m0/s1. The lowest BCUT2D eigenvalue weighted by Gasteiger charge is -2.28. The SMILES string of the molecule is COC(=O)C1(NP(=O)(OCC2OC(N3CNc4c(SC)nc(N)nc43)[C@@H](C)[C@@H]2O)OC2=CC=C(Cl)CC2)CC1. The summed E-state index contributed by atoms with van der Waals surface area (Å²) < 4.78 is 36.7. The van der Waals surface area contributed by atoms with Gasteiger partial charge >= 0.3 is 13.7 Å².